The van der Waals surface area contributed by atoms with Crippen molar-refractivity contribution in [2.75, 3.05) is 11.6 Å². The molecule has 0 atom stereocenters. The van der Waals surface area contributed by atoms with E-state index in [4.69, 9.17) is 0 Å². The summed E-state index contributed by atoms with van der Waals surface area (Å²) in [5, 5.41) is 6.70. The summed E-state index contributed by atoms with van der Waals surface area (Å²) in [5.41, 5.74) is 3.54. The van der Waals surface area contributed by atoms with E-state index in [1.165, 1.54) is 21.6 Å². The van der Waals surface area contributed by atoms with E-state index in [-0.39, 0.29) is 0 Å². The first-order chi connectivity index (χ1) is 12.3. The van der Waals surface area contributed by atoms with Gasteiger partial charge in [-0.1, -0.05) is 12.1 Å². The van der Waals surface area contributed by atoms with Gasteiger partial charge in [0.1, 0.15) is 17.0 Å². The van der Waals surface area contributed by atoms with Crippen LogP contribution in [0, 0.1) is 0 Å². The van der Waals surface area contributed by atoms with E-state index in [1.807, 2.05) is 12.1 Å². The number of nitrogens with one attached hydrogen (secondary N) is 1. The third-order valence-electron chi connectivity index (χ3n) is 3.96. The van der Waals surface area contributed by atoms with Crippen LogP contribution in [0.3, 0.4) is 0 Å². The first-order valence-corrected chi connectivity index (χ1v) is 9.95. The highest BCUT2D eigenvalue weighted by Gasteiger charge is 2.13. The van der Waals surface area contributed by atoms with E-state index in [2.05, 4.69) is 56.2 Å². The highest BCUT2D eigenvalue weighted by molar-refractivity contribution is 7.98. The molecule has 0 amide bonds. The molecule has 0 aliphatic heterocycles. The van der Waals surface area contributed by atoms with Crippen LogP contribution in [0.1, 0.15) is 5.56 Å². The first-order valence-electron chi connectivity index (χ1n) is 7.84. The largest absolute Gasteiger partial charge is 0.365 e. The van der Waals surface area contributed by atoms with Crippen LogP contribution < -0.4 is 5.32 Å². The van der Waals surface area contributed by atoms with Crippen LogP contribution in [-0.4, -0.2) is 21.2 Å². The molecule has 0 aliphatic carbocycles. The zero-order chi connectivity index (χ0) is 17.1. The SMILES string of the molecule is CSc1cccc(-c2csc3ncnc(NCc4ccncc4)c23)c1. The number of hydrogen-bond donors (Lipinski definition) is 1. The highest BCUT2D eigenvalue weighted by atomic mass is 32.2. The average molecular weight is 364 g/mol. The van der Waals surface area contributed by atoms with Crippen molar-refractivity contribution in [2.24, 2.45) is 0 Å². The molecule has 124 valence electrons. The quantitative estimate of drug-likeness (QED) is 0.500. The van der Waals surface area contributed by atoms with E-state index in [0.717, 1.165) is 16.0 Å². The third-order valence-corrected chi connectivity index (χ3v) is 5.57. The van der Waals surface area contributed by atoms with Gasteiger partial charge in [-0.05, 0) is 41.6 Å². The number of anilines is 1. The molecule has 0 fully saturated rings. The van der Waals surface area contributed by atoms with Crippen LogP contribution in [0.2, 0.25) is 0 Å². The Balaban J connectivity index is 1.74. The fraction of sp³-hybridized carbons (Fsp3) is 0.105. The molecular weight excluding hydrogens is 348 g/mol. The Morgan fingerprint density at radius 1 is 1.12 bits per heavy atom. The molecule has 0 saturated heterocycles. The normalized spacial score (nSPS) is 10.9. The number of hydrogen-bond acceptors (Lipinski definition) is 6. The summed E-state index contributed by atoms with van der Waals surface area (Å²) >= 11 is 3.40. The van der Waals surface area contributed by atoms with Gasteiger partial charge in [0, 0.05) is 34.8 Å². The Hall–Kier alpha value is -2.44. The maximum Gasteiger partial charge on any atom is 0.139 e. The molecule has 1 N–H and O–H groups in total. The van der Waals surface area contributed by atoms with Gasteiger partial charge in [-0.2, -0.15) is 0 Å². The Bertz CT molecular complexity index is 999. The average Bonchev–Trinajstić information content (AvgIpc) is 3.12. The van der Waals surface area contributed by atoms with Gasteiger partial charge in [-0.25, -0.2) is 9.97 Å². The summed E-state index contributed by atoms with van der Waals surface area (Å²) in [4.78, 5) is 15.2. The highest BCUT2D eigenvalue weighted by Crippen LogP contribution is 2.37. The molecule has 4 aromatic rings. The Kier molecular flexibility index (Phi) is 4.63. The van der Waals surface area contributed by atoms with Gasteiger partial charge in [0.25, 0.3) is 0 Å². The zero-order valence-corrected chi connectivity index (χ0v) is 15.3. The third kappa shape index (κ3) is 3.36. The Morgan fingerprint density at radius 2 is 2.00 bits per heavy atom. The maximum absolute atomic E-state index is 4.49. The minimum Gasteiger partial charge on any atom is -0.365 e. The molecule has 0 aliphatic rings. The lowest BCUT2D eigenvalue weighted by molar-refractivity contribution is 1.09. The van der Waals surface area contributed by atoms with Crippen LogP contribution >= 0.6 is 23.1 Å². The van der Waals surface area contributed by atoms with Crippen molar-refractivity contribution in [2.45, 2.75) is 11.4 Å². The first kappa shape index (κ1) is 16.1. The molecule has 3 aromatic heterocycles. The number of nitrogens with zero attached hydrogens (tertiary/aromatic N) is 3. The number of thioether (sulfide) groups is 1. The van der Waals surface area contributed by atoms with Crippen molar-refractivity contribution in [3.8, 4) is 11.1 Å². The molecule has 25 heavy (non-hydrogen) atoms. The van der Waals surface area contributed by atoms with E-state index in [9.17, 15) is 0 Å². The number of fused-ring (bicyclic) bond motifs is 1. The second kappa shape index (κ2) is 7.21. The van der Waals surface area contributed by atoms with Gasteiger partial charge in [0.15, 0.2) is 0 Å². The minimum atomic E-state index is 0.703. The summed E-state index contributed by atoms with van der Waals surface area (Å²) in [5.74, 6) is 0.868. The predicted molar refractivity (Wildman–Crippen MR) is 106 cm³/mol. The van der Waals surface area contributed by atoms with Gasteiger partial charge in [-0.15, -0.1) is 23.1 Å². The molecule has 4 rings (SSSR count). The Morgan fingerprint density at radius 3 is 2.84 bits per heavy atom. The molecule has 6 heteroatoms. The van der Waals surface area contributed by atoms with E-state index in [1.54, 1.807) is 41.8 Å². The van der Waals surface area contributed by atoms with Gasteiger partial charge in [0.05, 0.1) is 5.39 Å². The standard InChI is InChI=1S/C19H16N4S2/c1-24-15-4-2-3-14(9-15)16-11-25-19-17(16)18(22-12-23-19)21-10-13-5-7-20-8-6-13/h2-9,11-12H,10H2,1H3,(H,21,22,23). The molecular formula is C19H16N4S2. The van der Waals surface area contributed by atoms with Crippen molar-refractivity contribution in [1.29, 1.82) is 0 Å². The van der Waals surface area contributed by atoms with Crippen LogP contribution in [0.5, 0.6) is 0 Å². The summed E-state index contributed by atoms with van der Waals surface area (Å²) in [6, 6.07) is 12.6. The maximum atomic E-state index is 4.49. The van der Waals surface area contributed by atoms with Gasteiger partial charge < -0.3 is 5.32 Å². The van der Waals surface area contributed by atoms with E-state index in [0.29, 0.717) is 6.54 Å². The Labute approximate surface area is 154 Å². The number of rotatable bonds is 5. The summed E-state index contributed by atoms with van der Waals surface area (Å²) in [6.45, 7) is 0.703. The molecule has 3 heterocycles. The topological polar surface area (TPSA) is 50.7 Å². The fourth-order valence-electron chi connectivity index (χ4n) is 2.70. The van der Waals surface area contributed by atoms with Crippen LogP contribution in [-0.2, 0) is 6.54 Å². The number of aromatic nitrogens is 3. The molecule has 0 unspecified atom stereocenters. The second-order valence-corrected chi connectivity index (χ2v) is 7.23. The number of pyridine rings is 1. The smallest absolute Gasteiger partial charge is 0.139 e. The molecule has 0 spiro atoms. The molecule has 0 saturated carbocycles. The summed E-state index contributed by atoms with van der Waals surface area (Å²) in [7, 11) is 0. The number of thiophene rings is 1. The van der Waals surface area contributed by atoms with Crippen molar-refractivity contribution >= 4 is 39.1 Å². The van der Waals surface area contributed by atoms with Crippen molar-refractivity contribution in [3.05, 3.63) is 66.1 Å². The lowest BCUT2D eigenvalue weighted by Gasteiger charge is -2.09. The van der Waals surface area contributed by atoms with Gasteiger partial charge >= 0.3 is 0 Å². The van der Waals surface area contributed by atoms with Crippen molar-refractivity contribution in [1.82, 2.24) is 15.0 Å². The fourth-order valence-corrected chi connectivity index (χ4v) is 4.07. The molecule has 4 nitrogen and oxygen atoms in total. The van der Waals surface area contributed by atoms with E-state index < -0.39 is 0 Å². The summed E-state index contributed by atoms with van der Waals surface area (Å²) < 4.78 is 0. The summed E-state index contributed by atoms with van der Waals surface area (Å²) in [6.07, 6.45) is 7.32. The van der Waals surface area contributed by atoms with Crippen LogP contribution in [0.25, 0.3) is 21.3 Å². The van der Waals surface area contributed by atoms with Crippen molar-refractivity contribution < 1.29 is 0 Å². The number of benzene rings is 1. The zero-order valence-electron chi connectivity index (χ0n) is 13.6. The second-order valence-electron chi connectivity index (χ2n) is 5.49. The van der Waals surface area contributed by atoms with Crippen LogP contribution in [0.4, 0.5) is 5.82 Å². The predicted octanol–water partition coefficient (Wildman–Crippen LogP) is 5.09. The monoisotopic (exact) mass is 364 g/mol. The molecule has 1 aromatic carbocycles. The molecule has 0 bridgehead atoms. The van der Waals surface area contributed by atoms with Gasteiger partial charge in [-0.3, -0.25) is 4.98 Å². The minimum absolute atomic E-state index is 0.703. The van der Waals surface area contributed by atoms with Crippen molar-refractivity contribution in [3.63, 3.8) is 0 Å². The van der Waals surface area contributed by atoms with Gasteiger partial charge in [0.2, 0.25) is 0 Å². The lowest BCUT2D eigenvalue weighted by Crippen LogP contribution is -2.02. The molecule has 0 radical (unpaired) electrons. The van der Waals surface area contributed by atoms with Crippen LogP contribution in [0.15, 0.2) is 65.4 Å². The lowest BCUT2D eigenvalue weighted by atomic mass is 10.1. The van der Waals surface area contributed by atoms with E-state index >= 15 is 0 Å².